The van der Waals surface area contributed by atoms with Gasteiger partial charge in [-0.25, -0.2) is 20.0 Å². The Labute approximate surface area is 223 Å². The van der Waals surface area contributed by atoms with Gasteiger partial charge in [-0.3, -0.25) is 19.2 Å². The van der Waals surface area contributed by atoms with E-state index in [-0.39, 0.29) is 30.9 Å². The smallest absolute Gasteiger partial charge is 0.323 e. The Hall–Kier alpha value is -2.60. The zero-order valence-electron chi connectivity index (χ0n) is 22.8. The van der Waals surface area contributed by atoms with Crippen LogP contribution in [0.25, 0.3) is 11.2 Å². The van der Waals surface area contributed by atoms with Crippen LogP contribution < -0.4 is 15.9 Å². The van der Waals surface area contributed by atoms with E-state index < -0.39 is 37.4 Å². The number of nitrogen functional groups attached to an aromatic ring is 1. The fourth-order valence-electron chi connectivity index (χ4n) is 4.08. The summed E-state index contributed by atoms with van der Waals surface area (Å²) in [5.41, 5.74) is 6.92. The van der Waals surface area contributed by atoms with Crippen molar-refractivity contribution in [2.45, 2.75) is 91.2 Å². The summed E-state index contributed by atoms with van der Waals surface area (Å²) in [6.45, 7) is 9.07. The van der Waals surface area contributed by atoms with Crippen LogP contribution in [0.3, 0.4) is 0 Å². The fraction of sp³-hybridized carbons (Fsp3) is 0.708. The Morgan fingerprint density at radius 1 is 1.13 bits per heavy atom. The van der Waals surface area contributed by atoms with Crippen molar-refractivity contribution in [2.24, 2.45) is 5.92 Å². The van der Waals surface area contributed by atoms with E-state index in [2.05, 4.69) is 25.1 Å². The number of imidazole rings is 1. The standard InChI is InChI=1S/C24H40N7O6P/c1-15(2)36-23(32)16(3)10-29-38(34,30-18(5)24(33)37-19-8-6-7-9-19)14-35-17(4)11-31-13-28-20-21(25)26-12-27-22(20)31/h12-13,15-19H,6-11,14H2,1-5H3,(H2,25,26,27)(H2,29,30,34)/t16-,17+,18-,38?/m0/s1. The van der Waals surface area contributed by atoms with Gasteiger partial charge < -0.3 is 24.5 Å². The number of carbonyl (C=O) groups excluding carboxylic acids is 2. The maximum absolute atomic E-state index is 13.9. The molecule has 0 spiro atoms. The number of aromatic nitrogens is 4. The summed E-state index contributed by atoms with van der Waals surface area (Å²) in [7, 11) is -3.50. The Kier molecular flexibility index (Phi) is 10.6. The first-order chi connectivity index (χ1) is 18.0. The number of hydrogen-bond donors (Lipinski definition) is 3. The molecule has 0 aliphatic heterocycles. The normalized spacial score (nSPS) is 18.3. The first-order valence-corrected chi connectivity index (χ1v) is 14.9. The maximum atomic E-state index is 13.9. The molecule has 0 bridgehead atoms. The molecule has 1 fully saturated rings. The Bertz CT molecular complexity index is 1140. The van der Waals surface area contributed by atoms with Gasteiger partial charge in [0.05, 0.1) is 31.0 Å². The largest absolute Gasteiger partial charge is 0.463 e. The van der Waals surface area contributed by atoms with Crippen molar-refractivity contribution in [3.63, 3.8) is 0 Å². The lowest BCUT2D eigenvalue weighted by Gasteiger charge is -2.27. The molecule has 14 heteroatoms. The number of rotatable bonds is 14. The van der Waals surface area contributed by atoms with Crippen LogP contribution in [-0.4, -0.2) is 68.7 Å². The quantitative estimate of drug-likeness (QED) is 0.231. The molecule has 38 heavy (non-hydrogen) atoms. The number of nitrogens with zero attached hydrogens (tertiary/aromatic N) is 4. The third-order valence-corrected chi connectivity index (χ3v) is 8.18. The fourth-order valence-corrected chi connectivity index (χ4v) is 6.10. The highest BCUT2D eigenvalue weighted by Gasteiger charge is 2.32. The van der Waals surface area contributed by atoms with Crippen LogP contribution in [0.15, 0.2) is 12.7 Å². The zero-order chi connectivity index (χ0) is 27.9. The van der Waals surface area contributed by atoms with Crippen molar-refractivity contribution < 1.29 is 28.4 Å². The van der Waals surface area contributed by atoms with Crippen LogP contribution in [0.1, 0.15) is 60.3 Å². The Balaban J connectivity index is 1.64. The number of fused-ring (bicyclic) bond motifs is 1. The highest BCUT2D eigenvalue weighted by atomic mass is 31.2. The molecule has 13 nitrogen and oxygen atoms in total. The molecule has 0 radical (unpaired) electrons. The Morgan fingerprint density at radius 3 is 2.53 bits per heavy atom. The van der Waals surface area contributed by atoms with Crippen molar-refractivity contribution >= 4 is 36.4 Å². The molecule has 1 saturated carbocycles. The lowest BCUT2D eigenvalue weighted by Crippen LogP contribution is -2.41. The molecular weight excluding hydrogens is 513 g/mol. The molecule has 0 aromatic carbocycles. The summed E-state index contributed by atoms with van der Waals surface area (Å²) in [5, 5.41) is 5.83. The van der Waals surface area contributed by atoms with Gasteiger partial charge >= 0.3 is 11.9 Å². The average Bonchev–Trinajstić information content (AvgIpc) is 3.52. The van der Waals surface area contributed by atoms with Gasteiger partial charge in [-0.2, -0.15) is 0 Å². The molecule has 4 N–H and O–H groups in total. The van der Waals surface area contributed by atoms with Crippen LogP contribution in [0.4, 0.5) is 5.82 Å². The van der Waals surface area contributed by atoms with Gasteiger partial charge in [0.2, 0.25) is 7.44 Å². The number of esters is 2. The summed E-state index contributed by atoms with van der Waals surface area (Å²) in [4.78, 5) is 37.3. The zero-order valence-corrected chi connectivity index (χ0v) is 23.6. The Morgan fingerprint density at radius 2 is 1.84 bits per heavy atom. The molecular formula is C24H40N7O6P. The van der Waals surface area contributed by atoms with Crippen LogP contribution in [0.5, 0.6) is 0 Å². The van der Waals surface area contributed by atoms with Crippen molar-refractivity contribution in [1.29, 1.82) is 0 Å². The number of nitrogens with two attached hydrogens (primary N) is 1. The maximum Gasteiger partial charge on any atom is 0.323 e. The second kappa shape index (κ2) is 13.5. The molecule has 212 valence electrons. The monoisotopic (exact) mass is 553 g/mol. The summed E-state index contributed by atoms with van der Waals surface area (Å²) in [6, 6.07) is -0.844. The third-order valence-electron chi connectivity index (χ3n) is 6.17. The van der Waals surface area contributed by atoms with E-state index >= 15 is 0 Å². The molecule has 1 aliphatic rings. The van der Waals surface area contributed by atoms with E-state index in [1.807, 2.05) is 6.92 Å². The van der Waals surface area contributed by atoms with Gasteiger partial charge in [0.1, 0.15) is 30.3 Å². The van der Waals surface area contributed by atoms with Crippen LogP contribution in [0.2, 0.25) is 0 Å². The molecule has 2 heterocycles. The van der Waals surface area contributed by atoms with E-state index in [0.717, 1.165) is 25.7 Å². The van der Waals surface area contributed by atoms with Gasteiger partial charge in [0.15, 0.2) is 11.5 Å². The highest BCUT2D eigenvalue weighted by Crippen LogP contribution is 2.38. The average molecular weight is 554 g/mol. The van der Waals surface area contributed by atoms with Gasteiger partial charge in [-0.05, 0) is 53.4 Å². The summed E-state index contributed by atoms with van der Waals surface area (Å²) in [5.74, 6) is -1.16. The lowest BCUT2D eigenvalue weighted by molar-refractivity contribution is -0.152. The van der Waals surface area contributed by atoms with Crippen molar-refractivity contribution in [3.8, 4) is 0 Å². The highest BCUT2D eigenvalue weighted by molar-refractivity contribution is 7.59. The molecule has 0 amide bonds. The third kappa shape index (κ3) is 8.45. The van der Waals surface area contributed by atoms with E-state index in [9.17, 15) is 14.2 Å². The predicted molar refractivity (Wildman–Crippen MR) is 142 cm³/mol. The van der Waals surface area contributed by atoms with Crippen LogP contribution >= 0.6 is 7.44 Å². The lowest BCUT2D eigenvalue weighted by atomic mass is 10.2. The predicted octanol–water partition coefficient (Wildman–Crippen LogP) is 2.61. The van der Waals surface area contributed by atoms with E-state index in [1.165, 1.54) is 6.33 Å². The minimum absolute atomic E-state index is 0.0698. The van der Waals surface area contributed by atoms with Crippen molar-refractivity contribution in [3.05, 3.63) is 12.7 Å². The molecule has 4 atom stereocenters. The molecule has 2 aromatic rings. The SMILES string of the molecule is CC(C)OC(=O)[C@@H](C)CNP(=O)(CO[C@H](C)Cn1cnc2c(N)ncnc21)N[C@@H](C)C(=O)OC1CCCC1. The molecule has 2 aromatic heterocycles. The van der Waals surface area contributed by atoms with E-state index in [1.54, 1.807) is 38.6 Å². The van der Waals surface area contributed by atoms with Crippen molar-refractivity contribution in [2.75, 3.05) is 18.6 Å². The summed E-state index contributed by atoms with van der Waals surface area (Å²) in [6.07, 6.45) is 5.69. The van der Waals surface area contributed by atoms with Crippen LogP contribution in [-0.2, 0) is 34.9 Å². The first-order valence-electron chi connectivity index (χ1n) is 13.0. The minimum Gasteiger partial charge on any atom is -0.463 e. The molecule has 1 aliphatic carbocycles. The number of carbonyl (C=O) groups is 2. The van der Waals surface area contributed by atoms with Gasteiger partial charge in [-0.15, -0.1) is 0 Å². The number of nitrogens with one attached hydrogen (secondary N) is 2. The second-order valence-electron chi connectivity index (χ2n) is 10.1. The van der Waals surface area contributed by atoms with Crippen molar-refractivity contribution in [1.82, 2.24) is 29.7 Å². The van der Waals surface area contributed by atoms with E-state index in [0.29, 0.717) is 17.7 Å². The molecule has 0 saturated heterocycles. The van der Waals surface area contributed by atoms with Gasteiger partial charge in [0, 0.05) is 6.54 Å². The minimum atomic E-state index is -3.50. The van der Waals surface area contributed by atoms with E-state index in [4.69, 9.17) is 19.9 Å². The second-order valence-corrected chi connectivity index (χ2v) is 12.4. The number of ether oxygens (including phenoxy) is 3. The summed E-state index contributed by atoms with van der Waals surface area (Å²) >= 11 is 0. The number of anilines is 1. The van der Waals surface area contributed by atoms with Gasteiger partial charge in [-0.1, -0.05) is 6.92 Å². The number of hydrogen-bond acceptors (Lipinski definition) is 10. The first kappa shape index (κ1) is 29.9. The van der Waals surface area contributed by atoms with Gasteiger partial charge in [0.25, 0.3) is 0 Å². The van der Waals surface area contributed by atoms with Crippen LogP contribution in [0, 0.1) is 5.92 Å². The molecule has 1 unspecified atom stereocenters. The summed E-state index contributed by atoms with van der Waals surface area (Å²) < 4.78 is 32.5. The topological polar surface area (TPSA) is 173 Å². The molecule has 3 rings (SSSR count).